The van der Waals surface area contributed by atoms with Gasteiger partial charge in [0.1, 0.15) is 4.88 Å². The molecule has 6 heteroatoms. The highest BCUT2D eigenvalue weighted by Gasteiger charge is 2.28. The number of carbonyl (C=O) groups is 2. The van der Waals surface area contributed by atoms with Crippen molar-refractivity contribution in [1.29, 1.82) is 0 Å². The molecule has 14 heavy (non-hydrogen) atoms. The molecule has 0 aliphatic carbocycles. The van der Waals surface area contributed by atoms with Crippen LogP contribution in [0.2, 0.25) is 0 Å². The molecule has 0 fully saturated rings. The van der Waals surface area contributed by atoms with Crippen molar-refractivity contribution in [1.82, 2.24) is 4.90 Å². The fourth-order valence-corrected chi connectivity index (χ4v) is 2.41. The van der Waals surface area contributed by atoms with Crippen LogP contribution in [0.3, 0.4) is 0 Å². The van der Waals surface area contributed by atoms with Gasteiger partial charge in [0, 0.05) is 5.56 Å². The van der Waals surface area contributed by atoms with Crippen molar-refractivity contribution >= 4 is 23.4 Å². The van der Waals surface area contributed by atoms with Gasteiger partial charge in [-0.2, -0.15) is 0 Å². The van der Waals surface area contributed by atoms with Crippen molar-refractivity contribution < 1.29 is 19.8 Å². The van der Waals surface area contributed by atoms with Gasteiger partial charge < -0.3 is 10.2 Å². The van der Waals surface area contributed by atoms with E-state index in [1.54, 1.807) is 5.38 Å². The molecule has 1 aromatic rings. The van der Waals surface area contributed by atoms with Gasteiger partial charge in [-0.15, -0.1) is 11.3 Å². The number of thiophene rings is 1. The molecule has 74 valence electrons. The van der Waals surface area contributed by atoms with Gasteiger partial charge in [0.25, 0.3) is 0 Å². The zero-order chi connectivity index (χ0) is 10.3. The van der Waals surface area contributed by atoms with Crippen molar-refractivity contribution in [3.8, 4) is 0 Å². The maximum absolute atomic E-state index is 10.7. The van der Waals surface area contributed by atoms with E-state index in [1.165, 1.54) is 4.90 Å². The summed E-state index contributed by atoms with van der Waals surface area (Å²) in [4.78, 5) is 22.8. The summed E-state index contributed by atoms with van der Waals surface area (Å²) in [6.45, 7) is 0.490. The third-order valence-corrected chi connectivity index (χ3v) is 3.21. The Morgan fingerprint density at radius 2 is 2.07 bits per heavy atom. The lowest BCUT2D eigenvalue weighted by Crippen LogP contribution is -2.23. The van der Waals surface area contributed by atoms with Crippen LogP contribution in [-0.2, 0) is 13.1 Å². The van der Waals surface area contributed by atoms with Gasteiger partial charge in [-0.25, -0.2) is 9.59 Å². The van der Waals surface area contributed by atoms with Crippen LogP contribution in [0.25, 0.3) is 0 Å². The summed E-state index contributed by atoms with van der Waals surface area (Å²) in [6, 6.07) is 0. The number of carboxylic acids is 1. The molecule has 1 aromatic heterocycles. The molecule has 0 atom stereocenters. The first-order chi connectivity index (χ1) is 6.59. The van der Waals surface area contributed by atoms with Crippen molar-refractivity contribution in [3.05, 3.63) is 21.4 Å². The topological polar surface area (TPSA) is 77.8 Å². The monoisotopic (exact) mass is 213 g/mol. The molecule has 2 rings (SSSR count). The number of aromatic carboxylic acids is 1. The molecule has 0 saturated carbocycles. The predicted molar refractivity (Wildman–Crippen MR) is 48.6 cm³/mol. The molecule has 1 amide bonds. The lowest BCUT2D eigenvalue weighted by molar-refractivity contribution is 0.0700. The molecular weight excluding hydrogens is 206 g/mol. The van der Waals surface area contributed by atoms with Gasteiger partial charge in [-0.1, -0.05) is 0 Å². The van der Waals surface area contributed by atoms with Gasteiger partial charge in [0.2, 0.25) is 0 Å². The average molecular weight is 213 g/mol. The van der Waals surface area contributed by atoms with Crippen LogP contribution in [0.15, 0.2) is 5.38 Å². The number of rotatable bonds is 1. The lowest BCUT2D eigenvalue weighted by atomic mass is 10.2. The van der Waals surface area contributed by atoms with Crippen LogP contribution in [-0.4, -0.2) is 27.2 Å². The van der Waals surface area contributed by atoms with Gasteiger partial charge in [-0.3, -0.25) is 4.90 Å². The summed E-state index contributed by atoms with van der Waals surface area (Å²) < 4.78 is 0. The van der Waals surface area contributed by atoms with E-state index < -0.39 is 12.1 Å². The Labute approximate surface area is 83.2 Å². The van der Waals surface area contributed by atoms with Gasteiger partial charge in [0.05, 0.1) is 13.1 Å². The maximum Gasteiger partial charge on any atom is 0.407 e. The highest BCUT2D eigenvalue weighted by Crippen LogP contribution is 2.30. The number of amides is 1. The Balaban J connectivity index is 2.32. The Morgan fingerprint density at radius 3 is 2.64 bits per heavy atom. The summed E-state index contributed by atoms with van der Waals surface area (Å²) in [6.07, 6.45) is -1.01. The molecule has 0 aromatic carbocycles. The molecule has 2 heterocycles. The SMILES string of the molecule is O=C(O)c1scc2c1CN(C(=O)O)C2. The Bertz CT molecular complexity index is 411. The first-order valence-electron chi connectivity index (χ1n) is 3.90. The van der Waals surface area contributed by atoms with E-state index in [0.29, 0.717) is 12.1 Å². The zero-order valence-corrected chi connectivity index (χ0v) is 7.87. The summed E-state index contributed by atoms with van der Waals surface area (Å²) in [5.74, 6) is -0.983. The standard InChI is InChI=1S/C8H7NO4S/c10-7(11)6-5-2-9(8(12)13)1-4(5)3-14-6/h3H,1-2H2,(H,10,11)(H,12,13). The normalized spacial score (nSPS) is 14.1. The Kier molecular flexibility index (Phi) is 1.92. The minimum Gasteiger partial charge on any atom is -0.477 e. The zero-order valence-electron chi connectivity index (χ0n) is 7.06. The Morgan fingerprint density at radius 1 is 1.36 bits per heavy atom. The fourth-order valence-electron chi connectivity index (χ4n) is 1.49. The number of fused-ring (bicyclic) bond motifs is 1. The van der Waals surface area contributed by atoms with E-state index in [9.17, 15) is 9.59 Å². The second kappa shape index (κ2) is 2.98. The largest absolute Gasteiger partial charge is 0.477 e. The van der Waals surface area contributed by atoms with Gasteiger partial charge in [0.15, 0.2) is 0 Å². The van der Waals surface area contributed by atoms with Crippen LogP contribution in [0.1, 0.15) is 20.8 Å². The minimum atomic E-state index is -1.01. The van der Waals surface area contributed by atoms with Crippen molar-refractivity contribution in [3.63, 3.8) is 0 Å². The molecule has 2 N–H and O–H groups in total. The highest BCUT2D eigenvalue weighted by molar-refractivity contribution is 7.12. The number of nitrogens with zero attached hydrogens (tertiary/aromatic N) is 1. The average Bonchev–Trinajstić information content (AvgIpc) is 2.58. The van der Waals surface area contributed by atoms with Crippen molar-refractivity contribution in [2.24, 2.45) is 0 Å². The fraction of sp³-hybridized carbons (Fsp3) is 0.250. The summed E-state index contributed by atoms with van der Waals surface area (Å²) in [5, 5.41) is 19.2. The van der Waals surface area contributed by atoms with E-state index in [2.05, 4.69) is 0 Å². The van der Waals surface area contributed by atoms with Crippen LogP contribution < -0.4 is 0 Å². The first-order valence-corrected chi connectivity index (χ1v) is 4.78. The molecule has 0 spiro atoms. The first kappa shape index (κ1) is 9.01. The highest BCUT2D eigenvalue weighted by atomic mass is 32.1. The third-order valence-electron chi connectivity index (χ3n) is 2.16. The minimum absolute atomic E-state index is 0.190. The van der Waals surface area contributed by atoms with Gasteiger partial charge >= 0.3 is 12.1 Å². The number of carboxylic acid groups (broad SMARTS) is 2. The molecule has 0 radical (unpaired) electrons. The van der Waals surface area contributed by atoms with Gasteiger partial charge in [-0.05, 0) is 10.9 Å². The molecule has 0 unspecified atom stereocenters. The molecule has 5 nitrogen and oxygen atoms in total. The molecule has 0 saturated heterocycles. The predicted octanol–water partition coefficient (Wildman–Crippen LogP) is 1.44. The van der Waals surface area contributed by atoms with Crippen LogP contribution in [0.5, 0.6) is 0 Å². The van der Waals surface area contributed by atoms with Crippen LogP contribution >= 0.6 is 11.3 Å². The quantitative estimate of drug-likeness (QED) is 0.739. The second-order valence-corrected chi connectivity index (χ2v) is 3.89. The van der Waals surface area contributed by atoms with Crippen LogP contribution in [0.4, 0.5) is 4.79 Å². The summed E-state index contributed by atoms with van der Waals surface area (Å²) in [7, 11) is 0. The molecule has 1 aliphatic heterocycles. The van der Waals surface area contributed by atoms with E-state index in [-0.39, 0.29) is 11.4 Å². The summed E-state index contributed by atoms with van der Waals surface area (Å²) >= 11 is 1.15. The van der Waals surface area contributed by atoms with Crippen LogP contribution in [0, 0.1) is 0 Å². The van der Waals surface area contributed by atoms with E-state index in [1.807, 2.05) is 0 Å². The molecular formula is C8H7NO4S. The summed E-state index contributed by atoms with van der Waals surface area (Å²) in [5.41, 5.74) is 1.46. The molecule has 0 bridgehead atoms. The number of hydrogen-bond donors (Lipinski definition) is 2. The third kappa shape index (κ3) is 1.24. The Hall–Kier alpha value is -1.56. The van der Waals surface area contributed by atoms with E-state index in [0.717, 1.165) is 16.9 Å². The maximum atomic E-state index is 10.7. The lowest BCUT2D eigenvalue weighted by Gasteiger charge is -2.09. The molecule has 1 aliphatic rings. The van der Waals surface area contributed by atoms with Crippen molar-refractivity contribution in [2.45, 2.75) is 13.1 Å². The smallest absolute Gasteiger partial charge is 0.407 e. The van der Waals surface area contributed by atoms with E-state index in [4.69, 9.17) is 10.2 Å². The van der Waals surface area contributed by atoms with Crippen molar-refractivity contribution in [2.75, 3.05) is 0 Å². The second-order valence-electron chi connectivity index (χ2n) is 3.01. The van der Waals surface area contributed by atoms with E-state index >= 15 is 0 Å². The number of hydrogen-bond acceptors (Lipinski definition) is 3.